The third-order valence-corrected chi connectivity index (χ3v) is 16.6. The molecule has 2 heteroatoms. The molecular weight excluding hydrogens is 869 g/mol. The minimum atomic E-state index is 0.177. The molecule has 0 amide bonds. The lowest BCUT2D eigenvalue weighted by molar-refractivity contribution is 0.721. The van der Waals surface area contributed by atoms with E-state index in [2.05, 4.69) is 249 Å². The molecule has 13 rings (SSSR count). The van der Waals surface area contributed by atoms with E-state index in [0.29, 0.717) is 0 Å². The van der Waals surface area contributed by atoms with Gasteiger partial charge in [-0.15, -0.1) is 22.7 Å². The van der Waals surface area contributed by atoms with Gasteiger partial charge in [-0.05, 0) is 126 Å². The largest absolute Gasteiger partial charge is 0.135 e. The van der Waals surface area contributed by atoms with E-state index in [-0.39, 0.29) is 5.92 Å². The standard InChI is InChI=1S/C67H46S2/c1-3-13-45(14-4-1)46-29-31-48(32-30-46)53-37-40-63-61(43-53)60-25-11-24-59(67(60)69-63)57(38-27-44-28-39-64-62(41-44)66-58(23-12-26-65(66)68-64)50-15-5-2-6-16-50)54-20-9-19-52(42-54)47-33-35-51(36-34-47)56-22-10-18-49-17-7-8-21-55(49)56/h1-26,28-37,39-43,57H,27,38H2. The third kappa shape index (κ3) is 7.73. The summed E-state index contributed by atoms with van der Waals surface area (Å²) in [4.78, 5) is 0. The number of rotatable bonds is 10. The summed E-state index contributed by atoms with van der Waals surface area (Å²) in [7, 11) is 0. The van der Waals surface area contributed by atoms with E-state index in [4.69, 9.17) is 0 Å². The van der Waals surface area contributed by atoms with Gasteiger partial charge in [0.15, 0.2) is 0 Å². The molecule has 2 heterocycles. The van der Waals surface area contributed by atoms with Crippen LogP contribution in [0.3, 0.4) is 0 Å². The highest BCUT2D eigenvalue weighted by molar-refractivity contribution is 7.26. The normalized spacial score (nSPS) is 12.1. The fourth-order valence-corrected chi connectivity index (χ4v) is 13.1. The molecule has 0 aliphatic heterocycles. The predicted molar refractivity (Wildman–Crippen MR) is 300 cm³/mol. The quantitative estimate of drug-likeness (QED) is 0.128. The number of hydrogen-bond donors (Lipinski definition) is 0. The lowest BCUT2D eigenvalue weighted by Crippen LogP contribution is -2.04. The van der Waals surface area contributed by atoms with Crippen LogP contribution in [-0.4, -0.2) is 0 Å². The van der Waals surface area contributed by atoms with Crippen LogP contribution in [0.5, 0.6) is 0 Å². The van der Waals surface area contributed by atoms with Crippen LogP contribution in [0.4, 0.5) is 0 Å². The number of aryl methyl sites for hydroxylation is 1. The van der Waals surface area contributed by atoms with Gasteiger partial charge in [0.2, 0.25) is 0 Å². The second-order valence-corrected chi connectivity index (χ2v) is 20.4. The fourth-order valence-electron chi connectivity index (χ4n) is 10.7. The van der Waals surface area contributed by atoms with Crippen LogP contribution in [-0.2, 0) is 6.42 Å². The summed E-state index contributed by atoms with van der Waals surface area (Å²) in [6.45, 7) is 0. The maximum absolute atomic E-state index is 2.49. The zero-order valence-electron chi connectivity index (χ0n) is 38.0. The van der Waals surface area contributed by atoms with Gasteiger partial charge in [0, 0.05) is 46.3 Å². The number of benzene rings is 11. The van der Waals surface area contributed by atoms with Gasteiger partial charge >= 0.3 is 0 Å². The number of thiophene rings is 2. The summed E-state index contributed by atoms with van der Waals surface area (Å²) in [5, 5.41) is 7.92. The first-order valence-corrected chi connectivity index (χ1v) is 25.6. The van der Waals surface area contributed by atoms with Crippen molar-refractivity contribution in [3.63, 3.8) is 0 Å². The molecule has 13 aromatic rings. The SMILES string of the molecule is c1ccc(-c2ccc(-c3ccc4sc5c(C(CCc6ccc7sc8cccc(-c9ccccc9)c8c7c6)c6cccc(-c7ccc(-c8cccc9ccccc89)cc7)c6)cccc5c4c3)cc2)cc1. The van der Waals surface area contributed by atoms with E-state index in [1.54, 1.807) is 0 Å². The van der Waals surface area contributed by atoms with Gasteiger partial charge in [-0.25, -0.2) is 0 Å². The van der Waals surface area contributed by atoms with Crippen LogP contribution in [0, 0.1) is 0 Å². The van der Waals surface area contributed by atoms with Crippen LogP contribution in [0.15, 0.2) is 249 Å². The van der Waals surface area contributed by atoms with Crippen molar-refractivity contribution in [3.05, 3.63) is 265 Å². The highest BCUT2D eigenvalue weighted by Crippen LogP contribution is 2.45. The Labute approximate surface area is 411 Å². The van der Waals surface area contributed by atoms with E-state index in [1.807, 2.05) is 22.7 Å². The van der Waals surface area contributed by atoms with Gasteiger partial charge in [-0.2, -0.15) is 0 Å². The van der Waals surface area contributed by atoms with Gasteiger partial charge in [0.25, 0.3) is 0 Å². The average Bonchev–Trinajstić information content (AvgIpc) is 4.00. The molecule has 0 bridgehead atoms. The van der Waals surface area contributed by atoms with Gasteiger partial charge in [0.1, 0.15) is 0 Å². The van der Waals surface area contributed by atoms with E-state index in [9.17, 15) is 0 Å². The molecule has 0 saturated heterocycles. The van der Waals surface area contributed by atoms with Crippen molar-refractivity contribution < 1.29 is 0 Å². The first kappa shape index (κ1) is 41.3. The predicted octanol–water partition coefficient (Wildman–Crippen LogP) is 19.7. The molecule has 0 radical (unpaired) electrons. The Bertz CT molecular complexity index is 3980. The van der Waals surface area contributed by atoms with Gasteiger partial charge in [-0.1, -0.05) is 218 Å². The van der Waals surface area contributed by atoms with E-state index in [1.165, 1.54) is 123 Å². The topological polar surface area (TPSA) is 0 Å². The lowest BCUT2D eigenvalue weighted by atomic mass is 9.84. The molecule has 11 aromatic carbocycles. The van der Waals surface area contributed by atoms with Crippen LogP contribution < -0.4 is 0 Å². The average molecular weight is 915 g/mol. The van der Waals surface area contributed by atoms with E-state index in [0.717, 1.165) is 12.8 Å². The summed E-state index contributed by atoms with van der Waals surface area (Å²) < 4.78 is 5.39. The summed E-state index contributed by atoms with van der Waals surface area (Å²) in [6, 6.07) is 92.4. The van der Waals surface area contributed by atoms with Crippen molar-refractivity contribution in [1.29, 1.82) is 0 Å². The second-order valence-electron chi connectivity index (χ2n) is 18.3. The first-order valence-electron chi connectivity index (χ1n) is 24.0. The van der Waals surface area contributed by atoms with Crippen molar-refractivity contribution in [2.24, 2.45) is 0 Å². The Kier molecular flexibility index (Phi) is 10.6. The van der Waals surface area contributed by atoms with Gasteiger partial charge < -0.3 is 0 Å². The van der Waals surface area contributed by atoms with Crippen molar-refractivity contribution in [2.45, 2.75) is 18.8 Å². The second kappa shape index (κ2) is 17.6. The van der Waals surface area contributed by atoms with Crippen molar-refractivity contribution >= 4 is 73.8 Å². The molecule has 0 spiro atoms. The smallest absolute Gasteiger partial charge is 0.0393 e. The molecule has 1 atom stereocenters. The molecule has 2 aromatic heterocycles. The molecule has 69 heavy (non-hydrogen) atoms. The zero-order chi connectivity index (χ0) is 45.7. The summed E-state index contributed by atoms with van der Waals surface area (Å²) in [6.07, 6.45) is 1.94. The minimum Gasteiger partial charge on any atom is -0.135 e. The highest BCUT2D eigenvalue weighted by atomic mass is 32.1. The molecule has 0 aliphatic carbocycles. The van der Waals surface area contributed by atoms with Crippen LogP contribution in [0.2, 0.25) is 0 Å². The maximum atomic E-state index is 2.49. The van der Waals surface area contributed by atoms with Crippen LogP contribution in [0.25, 0.3) is 107 Å². The van der Waals surface area contributed by atoms with Crippen LogP contribution >= 0.6 is 22.7 Å². The Morgan fingerprint density at radius 3 is 1.68 bits per heavy atom. The molecule has 0 N–H and O–H groups in total. The Morgan fingerprint density at radius 2 is 0.870 bits per heavy atom. The lowest BCUT2D eigenvalue weighted by Gasteiger charge is -2.20. The van der Waals surface area contributed by atoms with E-state index >= 15 is 0 Å². The fraction of sp³-hybridized carbons (Fsp3) is 0.0448. The van der Waals surface area contributed by atoms with Crippen molar-refractivity contribution in [1.82, 2.24) is 0 Å². The maximum Gasteiger partial charge on any atom is 0.0393 e. The molecule has 1 unspecified atom stereocenters. The number of hydrogen-bond acceptors (Lipinski definition) is 2. The van der Waals surface area contributed by atoms with E-state index < -0.39 is 0 Å². The summed E-state index contributed by atoms with van der Waals surface area (Å²) >= 11 is 3.84. The molecule has 326 valence electrons. The summed E-state index contributed by atoms with van der Waals surface area (Å²) in [5.41, 5.74) is 16.6. The molecule has 0 fully saturated rings. The molecule has 0 saturated carbocycles. The Hall–Kier alpha value is -7.88. The monoisotopic (exact) mass is 914 g/mol. The van der Waals surface area contributed by atoms with Crippen LogP contribution in [0.1, 0.15) is 29.0 Å². The first-order chi connectivity index (χ1) is 34.2. The molecule has 0 aliphatic rings. The van der Waals surface area contributed by atoms with Gasteiger partial charge in [-0.3, -0.25) is 0 Å². The highest BCUT2D eigenvalue weighted by Gasteiger charge is 2.21. The summed E-state index contributed by atoms with van der Waals surface area (Å²) in [5.74, 6) is 0.177. The molecular formula is C67H46S2. The number of fused-ring (bicyclic) bond motifs is 7. The van der Waals surface area contributed by atoms with Crippen molar-refractivity contribution in [2.75, 3.05) is 0 Å². The van der Waals surface area contributed by atoms with Gasteiger partial charge in [0.05, 0.1) is 0 Å². The Balaban J connectivity index is 0.889. The molecule has 0 nitrogen and oxygen atoms in total. The third-order valence-electron chi connectivity index (χ3n) is 14.2. The Morgan fingerprint density at radius 1 is 0.319 bits per heavy atom. The zero-order valence-corrected chi connectivity index (χ0v) is 39.6. The minimum absolute atomic E-state index is 0.177. The van der Waals surface area contributed by atoms with Crippen molar-refractivity contribution in [3.8, 4) is 55.6 Å².